The lowest BCUT2D eigenvalue weighted by Crippen LogP contribution is -2.02. The topological polar surface area (TPSA) is 50.8 Å². The highest BCUT2D eigenvalue weighted by Gasteiger charge is 2.12. The van der Waals surface area contributed by atoms with Crippen molar-refractivity contribution in [3.8, 4) is 5.75 Å². The van der Waals surface area contributed by atoms with Crippen LogP contribution in [0.3, 0.4) is 0 Å². The van der Waals surface area contributed by atoms with Crippen molar-refractivity contribution in [1.82, 2.24) is 15.4 Å². The Balaban J connectivity index is 1.65. The van der Waals surface area contributed by atoms with Crippen LogP contribution in [0.4, 0.5) is 0 Å². The Morgan fingerprint density at radius 3 is 2.65 bits per heavy atom. The van der Waals surface area contributed by atoms with Gasteiger partial charge in [-0.2, -0.15) is 15.4 Å². The lowest BCUT2D eigenvalue weighted by Gasteiger charge is -2.15. The zero-order valence-corrected chi connectivity index (χ0v) is 13.5. The van der Waals surface area contributed by atoms with Gasteiger partial charge in [0.2, 0.25) is 0 Å². The maximum atomic E-state index is 5.89. The number of hydrogen-bond donors (Lipinski definition) is 1. The summed E-state index contributed by atoms with van der Waals surface area (Å²) in [5.41, 5.74) is 4.72. The Bertz CT molecular complexity index is 739. The molecule has 0 spiro atoms. The van der Waals surface area contributed by atoms with Crippen molar-refractivity contribution in [2.45, 2.75) is 32.8 Å². The van der Waals surface area contributed by atoms with Crippen LogP contribution in [0.1, 0.15) is 35.2 Å². The van der Waals surface area contributed by atoms with Gasteiger partial charge in [-0.1, -0.05) is 43.3 Å². The number of H-pyrrole nitrogens is 1. The highest BCUT2D eigenvalue weighted by atomic mass is 16.5. The summed E-state index contributed by atoms with van der Waals surface area (Å²) in [5.74, 6) is 1.30. The van der Waals surface area contributed by atoms with Gasteiger partial charge in [0.25, 0.3) is 0 Å². The number of aromatic amines is 1. The molecule has 0 saturated heterocycles. The first-order valence-corrected chi connectivity index (χ1v) is 7.84. The van der Waals surface area contributed by atoms with Crippen molar-refractivity contribution in [1.29, 1.82) is 0 Å². The number of rotatable bonds is 6. The van der Waals surface area contributed by atoms with Crippen LogP contribution in [0.15, 0.2) is 54.7 Å². The molecule has 4 heteroatoms. The largest absolute Gasteiger partial charge is 0.489 e. The number of benzene rings is 2. The van der Waals surface area contributed by atoms with E-state index < -0.39 is 0 Å². The van der Waals surface area contributed by atoms with E-state index in [2.05, 4.69) is 53.5 Å². The molecule has 0 amide bonds. The average molecular weight is 307 g/mol. The summed E-state index contributed by atoms with van der Waals surface area (Å²) in [4.78, 5) is 0. The number of hydrogen-bond acceptors (Lipinski definition) is 3. The number of nitrogens with one attached hydrogen (secondary N) is 1. The second kappa shape index (κ2) is 7.09. The normalized spacial score (nSPS) is 12.1. The predicted octanol–water partition coefficient (Wildman–Crippen LogP) is 4.04. The number of ether oxygens (including phenoxy) is 1. The first-order valence-electron chi connectivity index (χ1n) is 7.84. The van der Waals surface area contributed by atoms with E-state index in [-0.39, 0.29) is 0 Å². The summed E-state index contributed by atoms with van der Waals surface area (Å²) in [5, 5.41) is 10.7. The minimum atomic E-state index is 0.392. The molecular formula is C19H21N3O. The molecular weight excluding hydrogens is 286 g/mol. The average Bonchev–Trinajstić information content (AvgIpc) is 3.07. The van der Waals surface area contributed by atoms with Crippen molar-refractivity contribution in [2.24, 2.45) is 0 Å². The molecule has 2 aromatic carbocycles. The van der Waals surface area contributed by atoms with Crippen LogP contribution in [0, 0.1) is 6.92 Å². The van der Waals surface area contributed by atoms with Crippen molar-refractivity contribution in [3.63, 3.8) is 0 Å². The second-order valence-corrected chi connectivity index (χ2v) is 5.86. The standard InChI is InChI=1S/C19H21N3O/c1-14(10-17-12-20-22-21-17)19-9-8-18(11-15(19)2)23-13-16-6-4-3-5-7-16/h3-9,11-12,14H,10,13H2,1-2H3,(H,20,21,22). The van der Waals surface area contributed by atoms with Crippen LogP contribution in [0.25, 0.3) is 0 Å². The van der Waals surface area contributed by atoms with Crippen molar-refractivity contribution in [2.75, 3.05) is 0 Å². The fraction of sp³-hybridized carbons (Fsp3) is 0.263. The van der Waals surface area contributed by atoms with Gasteiger partial charge in [-0.25, -0.2) is 0 Å². The molecule has 1 heterocycles. The van der Waals surface area contributed by atoms with E-state index in [0.717, 1.165) is 17.9 Å². The van der Waals surface area contributed by atoms with Gasteiger partial charge in [0, 0.05) is 0 Å². The highest BCUT2D eigenvalue weighted by molar-refractivity contribution is 5.37. The van der Waals surface area contributed by atoms with Gasteiger partial charge in [0.1, 0.15) is 12.4 Å². The third kappa shape index (κ3) is 3.97. The monoisotopic (exact) mass is 307 g/mol. The van der Waals surface area contributed by atoms with Gasteiger partial charge in [-0.15, -0.1) is 0 Å². The Hall–Kier alpha value is -2.62. The summed E-state index contributed by atoms with van der Waals surface area (Å²) in [6.07, 6.45) is 2.66. The van der Waals surface area contributed by atoms with E-state index in [1.807, 2.05) is 24.3 Å². The van der Waals surface area contributed by atoms with E-state index in [4.69, 9.17) is 4.74 Å². The van der Waals surface area contributed by atoms with Crippen LogP contribution in [-0.2, 0) is 13.0 Å². The molecule has 0 fully saturated rings. The Morgan fingerprint density at radius 1 is 1.13 bits per heavy atom. The third-order valence-electron chi connectivity index (χ3n) is 4.00. The molecule has 0 saturated carbocycles. The summed E-state index contributed by atoms with van der Waals surface area (Å²) < 4.78 is 5.89. The fourth-order valence-electron chi connectivity index (χ4n) is 2.78. The van der Waals surface area contributed by atoms with Crippen molar-refractivity contribution < 1.29 is 4.74 Å². The molecule has 3 rings (SSSR count). The predicted molar refractivity (Wildman–Crippen MR) is 90.5 cm³/mol. The van der Waals surface area contributed by atoms with E-state index in [0.29, 0.717) is 12.5 Å². The van der Waals surface area contributed by atoms with Crippen LogP contribution >= 0.6 is 0 Å². The zero-order chi connectivity index (χ0) is 16.1. The van der Waals surface area contributed by atoms with Crippen LogP contribution in [0.5, 0.6) is 5.75 Å². The van der Waals surface area contributed by atoms with Gasteiger partial charge in [0.15, 0.2) is 0 Å². The molecule has 1 N–H and O–H groups in total. The van der Waals surface area contributed by atoms with Crippen LogP contribution in [0.2, 0.25) is 0 Å². The number of aromatic nitrogens is 3. The van der Waals surface area contributed by atoms with Crippen molar-refractivity contribution in [3.05, 3.63) is 77.1 Å². The first-order chi connectivity index (χ1) is 11.2. The molecule has 23 heavy (non-hydrogen) atoms. The highest BCUT2D eigenvalue weighted by Crippen LogP contribution is 2.26. The van der Waals surface area contributed by atoms with Gasteiger partial charge in [-0.3, -0.25) is 0 Å². The lowest BCUT2D eigenvalue weighted by atomic mass is 9.92. The maximum absolute atomic E-state index is 5.89. The van der Waals surface area contributed by atoms with Gasteiger partial charge in [-0.05, 0) is 48.1 Å². The molecule has 0 aliphatic heterocycles. The molecule has 4 nitrogen and oxygen atoms in total. The van der Waals surface area contributed by atoms with Gasteiger partial charge in [0.05, 0.1) is 11.9 Å². The molecule has 118 valence electrons. The number of aryl methyl sites for hydroxylation is 1. The van der Waals surface area contributed by atoms with Gasteiger partial charge < -0.3 is 4.74 Å². The minimum Gasteiger partial charge on any atom is -0.489 e. The Morgan fingerprint density at radius 2 is 1.96 bits per heavy atom. The van der Waals surface area contributed by atoms with E-state index in [1.54, 1.807) is 6.20 Å². The van der Waals surface area contributed by atoms with E-state index in [9.17, 15) is 0 Å². The third-order valence-corrected chi connectivity index (χ3v) is 4.00. The van der Waals surface area contributed by atoms with Gasteiger partial charge >= 0.3 is 0 Å². The Kier molecular flexibility index (Phi) is 4.71. The molecule has 0 radical (unpaired) electrons. The Labute approximate surface area is 136 Å². The smallest absolute Gasteiger partial charge is 0.120 e. The SMILES string of the molecule is Cc1cc(OCc2ccccc2)ccc1C(C)Cc1cn[nH]n1. The fourth-order valence-corrected chi connectivity index (χ4v) is 2.78. The molecule has 1 atom stereocenters. The van der Waals surface area contributed by atoms with Crippen LogP contribution in [-0.4, -0.2) is 15.4 Å². The maximum Gasteiger partial charge on any atom is 0.120 e. The van der Waals surface area contributed by atoms with E-state index in [1.165, 1.54) is 16.7 Å². The zero-order valence-electron chi connectivity index (χ0n) is 13.5. The molecule has 1 unspecified atom stereocenters. The summed E-state index contributed by atoms with van der Waals surface area (Å²) in [6, 6.07) is 16.5. The quantitative estimate of drug-likeness (QED) is 0.748. The molecule has 0 aliphatic rings. The molecule has 0 aliphatic carbocycles. The van der Waals surface area contributed by atoms with E-state index >= 15 is 0 Å². The summed E-state index contributed by atoms with van der Waals surface area (Å²) >= 11 is 0. The molecule has 1 aromatic heterocycles. The number of nitrogens with zero attached hydrogens (tertiary/aromatic N) is 2. The summed E-state index contributed by atoms with van der Waals surface area (Å²) in [6.45, 7) is 4.93. The lowest BCUT2D eigenvalue weighted by molar-refractivity contribution is 0.306. The van der Waals surface area contributed by atoms with Crippen molar-refractivity contribution >= 4 is 0 Å². The summed E-state index contributed by atoms with van der Waals surface area (Å²) in [7, 11) is 0. The minimum absolute atomic E-state index is 0.392. The molecule has 0 bridgehead atoms. The molecule has 3 aromatic rings. The first kappa shape index (κ1) is 15.3. The second-order valence-electron chi connectivity index (χ2n) is 5.86. The van der Waals surface area contributed by atoms with Crippen LogP contribution < -0.4 is 4.74 Å².